The zero-order valence-corrected chi connectivity index (χ0v) is 8.55. The Bertz CT molecular complexity index is 396. The molecule has 1 heterocycles. The van der Waals surface area contributed by atoms with Crippen LogP contribution in [0.5, 0.6) is 0 Å². The molecule has 0 amide bonds. The number of halogens is 3. The van der Waals surface area contributed by atoms with Gasteiger partial charge >= 0.3 is 5.97 Å². The minimum Gasteiger partial charge on any atom is -0.477 e. The van der Waals surface area contributed by atoms with Gasteiger partial charge in [-0.05, 0) is 18.1 Å². The van der Waals surface area contributed by atoms with Crippen molar-refractivity contribution in [1.82, 2.24) is 4.98 Å². The molecule has 82 valence electrons. The second kappa shape index (κ2) is 4.53. The first kappa shape index (κ1) is 11.8. The first-order chi connectivity index (χ1) is 6.99. The average molecular weight is 236 g/mol. The molecular weight excluding hydrogens is 228 g/mol. The van der Waals surface area contributed by atoms with E-state index in [9.17, 15) is 13.6 Å². The number of rotatable bonds is 3. The first-order valence-corrected chi connectivity index (χ1v) is 4.58. The number of alkyl halides is 3. The van der Waals surface area contributed by atoms with Crippen molar-refractivity contribution in [3.05, 3.63) is 28.6 Å². The fourth-order valence-corrected chi connectivity index (χ4v) is 1.60. The average Bonchev–Trinajstić information content (AvgIpc) is 2.16. The van der Waals surface area contributed by atoms with E-state index >= 15 is 0 Å². The molecule has 0 bridgehead atoms. The summed E-state index contributed by atoms with van der Waals surface area (Å²) in [5.74, 6) is -1.41. The van der Waals surface area contributed by atoms with E-state index in [0.717, 1.165) is 6.20 Å². The van der Waals surface area contributed by atoms with E-state index in [1.807, 2.05) is 0 Å². The number of aromatic nitrogens is 1. The number of carbonyl (C=O) groups is 1. The zero-order chi connectivity index (χ0) is 11.6. The Morgan fingerprint density at radius 3 is 2.67 bits per heavy atom. The lowest BCUT2D eigenvalue weighted by Gasteiger charge is -2.10. The SMILES string of the molecule is Cc1c(C(=O)O)ncc(C(F)F)c1CCl. The summed E-state index contributed by atoms with van der Waals surface area (Å²) in [4.78, 5) is 14.1. The molecule has 0 radical (unpaired) electrons. The molecule has 1 aromatic heterocycles. The van der Waals surface area contributed by atoms with Crippen LogP contribution in [0, 0.1) is 6.92 Å². The van der Waals surface area contributed by atoms with Crippen molar-refractivity contribution in [3.63, 3.8) is 0 Å². The van der Waals surface area contributed by atoms with Crippen LogP contribution in [0.2, 0.25) is 0 Å². The third kappa shape index (κ3) is 2.23. The summed E-state index contributed by atoms with van der Waals surface area (Å²) in [5, 5.41) is 8.72. The number of hydrogen-bond donors (Lipinski definition) is 1. The lowest BCUT2D eigenvalue weighted by atomic mass is 10.0. The van der Waals surface area contributed by atoms with Crippen molar-refractivity contribution in [1.29, 1.82) is 0 Å². The number of aromatic carboxylic acids is 1. The van der Waals surface area contributed by atoms with Crippen LogP contribution in [-0.4, -0.2) is 16.1 Å². The predicted molar refractivity (Wildman–Crippen MR) is 50.4 cm³/mol. The largest absolute Gasteiger partial charge is 0.477 e. The smallest absolute Gasteiger partial charge is 0.354 e. The Morgan fingerprint density at radius 2 is 2.27 bits per heavy atom. The highest BCUT2D eigenvalue weighted by Gasteiger charge is 2.19. The normalized spacial score (nSPS) is 10.7. The summed E-state index contributed by atoms with van der Waals surface area (Å²) in [5.41, 5.74) is -0.225. The van der Waals surface area contributed by atoms with Crippen LogP contribution in [0.4, 0.5) is 8.78 Å². The lowest BCUT2D eigenvalue weighted by molar-refractivity contribution is 0.0688. The third-order valence-corrected chi connectivity index (χ3v) is 2.33. The maximum atomic E-state index is 12.5. The van der Waals surface area contributed by atoms with E-state index in [4.69, 9.17) is 16.7 Å². The molecule has 0 fully saturated rings. The second-order valence-corrected chi connectivity index (χ2v) is 3.17. The summed E-state index contributed by atoms with van der Waals surface area (Å²) in [7, 11) is 0. The molecule has 1 N–H and O–H groups in total. The topological polar surface area (TPSA) is 50.2 Å². The third-order valence-electron chi connectivity index (χ3n) is 2.06. The van der Waals surface area contributed by atoms with Crippen molar-refractivity contribution in [3.8, 4) is 0 Å². The monoisotopic (exact) mass is 235 g/mol. The minimum atomic E-state index is -2.70. The van der Waals surface area contributed by atoms with E-state index in [1.54, 1.807) is 0 Å². The molecule has 0 atom stereocenters. The van der Waals surface area contributed by atoms with Gasteiger partial charge in [0.25, 0.3) is 6.43 Å². The van der Waals surface area contributed by atoms with Crippen LogP contribution >= 0.6 is 11.6 Å². The van der Waals surface area contributed by atoms with Gasteiger partial charge < -0.3 is 5.11 Å². The van der Waals surface area contributed by atoms with E-state index in [2.05, 4.69) is 4.98 Å². The molecule has 0 aromatic carbocycles. The molecule has 0 aliphatic heterocycles. The summed E-state index contributed by atoms with van der Waals surface area (Å²) < 4.78 is 25.0. The highest BCUT2D eigenvalue weighted by molar-refractivity contribution is 6.17. The predicted octanol–water partition coefficient (Wildman–Crippen LogP) is 2.76. The van der Waals surface area contributed by atoms with Crippen LogP contribution in [0.3, 0.4) is 0 Å². The van der Waals surface area contributed by atoms with Crippen molar-refractivity contribution < 1.29 is 18.7 Å². The molecule has 0 aliphatic rings. The molecule has 0 unspecified atom stereocenters. The Morgan fingerprint density at radius 1 is 1.67 bits per heavy atom. The number of pyridine rings is 1. The van der Waals surface area contributed by atoms with Crippen molar-refractivity contribution in [2.75, 3.05) is 0 Å². The van der Waals surface area contributed by atoms with Gasteiger partial charge in [0.05, 0.1) is 0 Å². The highest BCUT2D eigenvalue weighted by atomic mass is 35.5. The van der Waals surface area contributed by atoms with E-state index in [0.29, 0.717) is 0 Å². The number of hydrogen-bond acceptors (Lipinski definition) is 2. The maximum Gasteiger partial charge on any atom is 0.354 e. The van der Waals surface area contributed by atoms with Gasteiger partial charge in [-0.2, -0.15) is 0 Å². The van der Waals surface area contributed by atoms with E-state index in [1.165, 1.54) is 6.92 Å². The van der Waals surface area contributed by atoms with Gasteiger partial charge in [0, 0.05) is 17.6 Å². The summed E-state index contributed by atoms with van der Waals surface area (Å²) >= 11 is 5.50. The summed E-state index contributed by atoms with van der Waals surface area (Å²) in [6, 6.07) is 0. The Hall–Kier alpha value is -1.23. The fourth-order valence-electron chi connectivity index (χ4n) is 1.25. The summed E-state index contributed by atoms with van der Waals surface area (Å²) in [6.45, 7) is 1.42. The highest BCUT2D eigenvalue weighted by Crippen LogP contribution is 2.27. The number of carboxylic acid groups (broad SMARTS) is 1. The zero-order valence-electron chi connectivity index (χ0n) is 7.80. The van der Waals surface area contributed by atoms with Gasteiger partial charge in [-0.15, -0.1) is 11.6 Å². The van der Waals surface area contributed by atoms with Gasteiger partial charge in [0.1, 0.15) is 0 Å². The van der Waals surface area contributed by atoms with Crippen LogP contribution in [-0.2, 0) is 5.88 Å². The molecule has 1 aromatic rings. The van der Waals surface area contributed by atoms with Gasteiger partial charge in [-0.3, -0.25) is 0 Å². The standard InChI is InChI=1S/C9H8ClF2NO2/c1-4-5(2-10)6(8(11)12)3-13-7(4)9(14)15/h3,8H,2H2,1H3,(H,14,15). The van der Waals surface area contributed by atoms with Crippen molar-refractivity contribution in [2.24, 2.45) is 0 Å². The van der Waals surface area contributed by atoms with Gasteiger partial charge in [0.15, 0.2) is 5.69 Å². The molecule has 0 spiro atoms. The molecule has 15 heavy (non-hydrogen) atoms. The molecular formula is C9H8ClF2NO2. The lowest BCUT2D eigenvalue weighted by Crippen LogP contribution is -2.08. The van der Waals surface area contributed by atoms with Gasteiger partial charge in [-0.25, -0.2) is 18.6 Å². The van der Waals surface area contributed by atoms with Crippen LogP contribution in [0.15, 0.2) is 6.20 Å². The van der Waals surface area contributed by atoms with Gasteiger partial charge in [0.2, 0.25) is 0 Å². The van der Waals surface area contributed by atoms with Crippen molar-refractivity contribution in [2.45, 2.75) is 19.2 Å². The van der Waals surface area contributed by atoms with Crippen LogP contribution < -0.4 is 0 Å². The van der Waals surface area contributed by atoms with Gasteiger partial charge in [-0.1, -0.05) is 0 Å². The maximum absolute atomic E-state index is 12.5. The van der Waals surface area contributed by atoms with Crippen LogP contribution in [0.1, 0.15) is 33.6 Å². The molecule has 3 nitrogen and oxygen atoms in total. The summed E-state index contributed by atoms with van der Waals surface area (Å²) in [6.07, 6.45) is -1.84. The van der Waals surface area contributed by atoms with Crippen molar-refractivity contribution >= 4 is 17.6 Å². The second-order valence-electron chi connectivity index (χ2n) is 2.91. The molecule has 1 rings (SSSR count). The number of nitrogens with zero attached hydrogens (tertiary/aromatic N) is 1. The Kier molecular flexibility index (Phi) is 3.57. The van der Waals surface area contributed by atoms with E-state index < -0.39 is 12.4 Å². The number of carboxylic acids is 1. The Labute approximate surface area is 89.7 Å². The van der Waals surface area contributed by atoms with Crippen LogP contribution in [0.25, 0.3) is 0 Å². The van der Waals surface area contributed by atoms with E-state index in [-0.39, 0.29) is 28.3 Å². The minimum absolute atomic E-state index is 0.138. The quantitative estimate of drug-likeness (QED) is 0.820. The molecule has 0 saturated carbocycles. The Balaban J connectivity index is 3.39. The molecule has 6 heteroatoms. The first-order valence-electron chi connectivity index (χ1n) is 4.04. The fraction of sp³-hybridized carbons (Fsp3) is 0.333. The molecule has 0 aliphatic carbocycles. The molecule has 0 saturated heterocycles.